The summed E-state index contributed by atoms with van der Waals surface area (Å²) in [5.41, 5.74) is 0. The average molecular weight is 102 g/mol. The highest BCUT2D eigenvalue weighted by molar-refractivity contribution is 7.71. The topological polar surface area (TPSA) is 57.4 Å². The van der Waals surface area contributed by atoms with Gasteiger partial charge < -0.3 is 0 Å². The molecule has 0 amide bonds. The lowest BCUT2D eigenvalue weighted by atomic mass is 11.4. The fourth-order valence-electron chi connectivity index (χ4n) is 0.168. The largest absolute Gasteiger partial charge is 0.256 e. The van der Waals surface area contributed by atoms with Gasteiger partial charge in [-0.1, -0.05) is 10.3 Å². The molecule has 6 heavy (non-hydrogen) atoms. The van der Waals surface area contributed by atoms with Crippen molar-refractivity contribution in [1.82, 2.24) is 20.6 Å². The second-order valence-electron chi connectivity index (χ2n) is 0.742. The molecule has 1 rings (SSSR count). The molecule has 0 aromatic carbocycles. The Hall–Kier alpha value is -0.710. The van der Waals surface area contributed by atoms with E-state index in [0.717, 1.165) is 0 Å². The lowest BCUT2D eigenvalue weighted by Gasteiger charge is -1.51. The number of H-pyrrole nitrogens is 2. The third-order valence-electron chi connectivity index (χ3n) is 0.354. The first kappa shape index (κ1) is 3.48. The van der Waals surface area contributed by atoms with E-state index in [2.05, 4.69) is 32.8 Å². The standard InChI is InChI=1S/CH2N4S/c6-1-2-4-5-3-1/h(H2,2,3,4,5,6). The Kier molecular flexibility index (Phi) is 0.681. The zero-order valence-electron chi connectivity index (χ0n) is 2.80. The monoisotopic (exact) mass is 102 g/mol. The Balaban J connectivity index is 3.41. The molecule has 0 saturated carbocycles. The van der Waals surface area contributed by atoms with Gasteiger partial charge in [-0.05, 0) is 12.2 Å². The fraction of sp³-hybridized carbons (Fsp3) is 0. The summed E-state index contributed by atoms with van der Waals surface area (Å²) in [7, 11) is 0. The summed E-state index contributed by atoms with van der Waals surface area (Å²) in [6.45, 7) is 0. The van der Waals surface area contributed by atoms with E-state index >= 15 is 0 Å². The fourth-order valence-corrected chi connectivity index (χ4v) is 0.255. The van der Waals surface area contributed by atoms with Crippen LogP contribution in [0.15, 0.2) is 0 Å². The molecule has 5 heteroatoms. The van der Waals surface area contributed by atoms with Crippen molar-refractivity contribution in [3.8, 4) is 0 Å². The van der Waals surface area contributed by atoms with Gasteiger partial charge in [-0.15, -0.1) is 0 Å². The van der Waals surface area contributed by atoms with Gasteiger partial charge in [0.05, 0.1) is 0 Å². The van der Waals surface area contributed by atoms with Crippen LogP contribution < -0.4 is 0 Å². The third kappa shape index (κ3) is 0.436. The van der Waals surface area contributed by atoms with E-state index in [1.54, 1.807) is 0 Å². The minimum absolute atomic E-state index is 0.384. The Morgan fingerprint density at radius 3 is 2.67 bits per heavy atom. The van der Waals surface area contributed by atoms with Crippen LogP contribution in [0.2, 0.25) is 0 Å². The predicted molar refractivity (Wildman–Crippen MR) is 21.6 cm³/mol. The van der Waals surface area contributed by atoms with E-state index in [9.17, 15) is 0 Å². The second kappa shape index (κ2) is 1.17. The number of hydrogen-bond donors (Lipinski definition) is 2. The van der Waals surface area contributed by atoms with Gasteiger partial charge in [0, 0.05) is 0 Å². The smallest absolute Gasteiger partial charge is 0.235 e. The van der Waals surface area contributed by atoms with E-state index < -0.39 is 0 Å². The van der Waals surface area contributed by atoms with Crippen molar-refractivity contribution in [2.75, 3.05) is 0 Å². The lowest BCUT2D eigenvalue weighted by Crippen LogP contribution is -1.64. The first-order valence-corrected chi connectivity index (χ1v) is 1.76. The molecule has 0 fully saturated rings. The summed E-state index contributed by atoms with van der Waals surface area (Å²) >= 11 is 4.48. The molecule has 0 aliphatic heterocycles. The summed E-state index contributed by atoms with van der Waals surface area (Å²) in [5.74, 6) is 0. The molecule has 0 aliphatic rings. The maximum Gasteiger partial charge on any atom is 0.235 e. The van der Waals surface area contributed by atoms with Gasteiger partial charge in [0.25, 0.3) is 0 Å². The van der Waals surface area contributed by atoms with Crippen LogP contribution in [-0.2, 0) is 0 Å². The zero-order chi connectivity index (χ0) is 4.41. The van der Waals surface area contributed by atoms with E-state index in [1.807, 2.05) is 0 Å². The quantitative estimate of drug-likeness (QED) is 0.448. The van der Waals surface area contributed by atoms with Crippen molar-refractivity contribution < 1.29 is 0 Å². The van der Waals surface area contributed by atoms with Gasteiger partial charge in [0.15, 0.2) is 0 Å². The summed E-state index contributed by atoms with van der Waals surface area (Å²) in [4.78, 5) is 0. The van der Waals surface area contributed by atoms with Gasteiger partial charge in [-0.25, -0.2) is 0 Å². The summed E-state index contributed by atoms with van der Waals surface area (Å²) in [6, 6.07) is 0. The van der Waals surface area contributed by atoms with Crippen LogP contribution in [0.5, 0.6) is 0 Å². The maximum absolute atomic E-state index is 4.48. The second-order valence-corrected chi connectivity index (χ2v) is 1.13. The van der Waals surface area contributed by atoms with E-state index in [0.29, 0.717) is 4.77 Å². The Morgan fingerprint density at radius 2 is 2.50 bits per heavy atom. The number of aromatic amines is 2. The molecule has 0 radical (unpaired) electrons. The van der Waals surface area contributed by atoms with E-state index in [1.165, 1.54) is 0 Å². The van der Waals surface area contributed by atoms with Crippen molar-refractivity contribution in [3.63, 3.8) is 0 Å². The zero-order valence-corrected chi connectivity index (χ0v) is 3.62. The molecule has 1 aromatic rings. The molecule has 0 aliphatic carbocycles. The first-order chi connectivity index (χ1) is 2.89. The molecule has 1 heterocycles. The SMILES string of the molecule is S=c1nn[nH][nH]1. The van der Waals surface area contributed by atoms with Crippen LogP contribution in [-0.4, -0.2) is 20.6 Å². The van der Waals surface area contributed by atoms with Gasteiger partial charge in [-0.3, -0.25) is 5.10 Å². The minimum atomic E-state index is 0.384. The van der Waals surface area contributed by atoms with Gasteiger partial charge in [0.2, 0.25) is 4.77 Å². The van der Waals surface area contributed by atoms with Crippen LogP contribution in [0.1, 0.15) is 0 Å². The molecule has 1 aromatic heterocycles. The molecule has 2 N–H and O–H groups in total. The number of nitrogens with zero attached hydrogens (tertiary/aromatic N) is 2. The predicted octanol–water partition coefficient (Wildman–Crippen LogP) is -0.138. The van der Waals surface area contributed by atoms with Crippen molar-refractivity contribution >= 4 is 12.2 Å². The number of nitrogens with one attached hydrogen (secondary N) is 2. The molecular formula is CH2N4S. The molecule has 0 spiro atoms. The minimum Gasteiger partial charge on any atom is -0.256 e. The highest BCUT2D eigenvalue weighted by atomic mass is 32.1. The van der Waals surface area contributed by atoms with Crippen molar-refractivity contribution in [2.24, 2.45) is 0 Å². The Bertz CT molecular complexity index is 145. The lowest BCUT2D eigenvalue weighted by molar-refractivity contribution is 0.881. The molecule has 4 nitrogen and oxygen atoms in total. The van der Waals surface area contributed by atoms with E-state index in [4.69, 9.17) is 0 Å². The molecule has 0 atom stereocenters. The third-order valence-corrected chi connectivity index (χ3v) is 0.537. The summed E-state index contributed by atoms with van der Waals surface area (Å²) in [6.07, 6.45) is 0. The van der Waals surface area contributed by atoms with Gasteiger partial charge >= 0.3 is 0 Å². The van der Waals surface area contributed by atoms with Crippen molar-refractivity contribution in [1.29, 1.82) is 0 Å². The van der Waals surface area contributed by atoms with Crippen LogP contribution >= 0.6 is 12.2 Å². The molecule has 0 bridgehead atoms. The van der Waals surface area contributed by atoms with Crippen LogP contribution in [0.4, 0.5) is 0 Å². The average Bonchev–Trinajstić information content (AvgIpc) is 1.86. The Morgan fingerprint density at radius 1 is 1.67 bits per heavy atom. The summed E-state index contributed by atoms with van der Waals surface area (Å²) < 4.78 is 0.384. The van der Waals surface area contributed by atoms with Gasteiger partial charge in [-0.2, -0.15) is 5.21 Å². The first-order valence-electron chi connectivity index (χ1n) is 1.35. The number of rotatable bonds is 0. The summed E-state index contributed by atoms with van der Waals surface area (Å²) in [5, 5.41) is 11.5. The molecule has 32 valence electrons. The Labute approximate surface area is 38.6 Å². The normalized spacial score (nSPS) is 8.67. The number of hydrogen-bond acceptors (Lipinski definition) is 3. The number of tetrazole rings is 1. The number of aromatic nitrogens is 4. The molecule has 0 unspecified atom stereocenters. The molecule has 0 saturated heterocycles. The van der Waals surface area contributed by atoms with Crippen molar-refractivity contribution in [2.45, 2.75) is 0 Å². The molecular weight excluding hydrogens is 100 g/mol. The van der Waals surface area contributed by atoms with Gasteiger partial charge in [0.1, 0.15) is 0 Å². The van der Waals surface area contributed by atoms with Crippen LogP contribution in [0.3, 0.4) is 0 Å². The highest BCUT2D eigenvalue weighted by Gasteiger charge is 1.68. The van der Waals surface area contributed by atoms with Crippen LogP contribution in [0, 0.1) is 4.77 Å². The maximum atomic E-state index is 4.48. The highest BCUT2D eigenvalue weighted by Crippen LogP contribution is 1.61. The van der Waals surface area contributed by atoms with Crippen LogP contribution in [0.25, 0.3) is 0 Å². The van der Waals surface area contributed by atoms with E-state index in [-0.39, 0.29) is 0 Å². The van der Waals surface area contributed by atoms with Crippen molar-refractivity contribution in [3.05, 3.63) is 4.77 Å².